The van der Waals surface area contributed by atoms with Crippen LogP contribution >= 0.6 is 0 Å². The largest absolute Gasteiger partial charge is 0.279 e. The molecule has 50 valence electrons. The zero-order chi connectivity index (χ0) is 6.97. The maximum atomic E-state index is 10.8. The Kier molecular flexibility index (Phi) is 0.858. The molecule has 5 heteroatoms. The summed E-state index contributed by atoms with van der Waals surface area (Å²) in [6, 6.07) is 1.61. The number of rotatable bonds is 0. The van der Waals surface area contributed by atoms with Gasteiger partial charge in [0.25, 0.3) is 5.56 Å². The molecule has 0 unspecified atom stereocenters. The molecular weight excluding hydrogens is 132 g/mol. The van der Waals surface area contributed by atoms with Gasteiger partial charge in [0.15, 0.2) is 5.65 Å². The molecule has 2 aromatic rings. The van der Waals surface area contributed by atoms with Crippen molar-refractivity contribution in [2.45, 2.75) is 0 Å². The fraction of sp³-hybridized carbons (Fsp3) is 0. The van der Waals surface area contributed by atoms with E-state index in [0.29, 0.717) is 11.0 Å². The van der Waals surface area contributed by atoms with Gasteiger partial charge in [-0.15, -0.1) is 5.10 Å². The standard InChI is InChI=1S/C5H4N4O/c10-5-3-1-2-6-7-4(3)8-9-5/h1-2H,(H2,7,8,9,10). The lowest BCUT2D eigenvalue weighted by molar-refractivity contribution is 1.01. The average molecular weight is 136 g/mol. The van der Waals surface area contributed by atoms with Crippen molar-refractivity contribution in [3.63, 3.8) is 0 Å². The highest BCUT2D eigenvalue weighted by atomic mass is 16.1. The molecule has 0 aliphatic carbocycles. The summed E-state index contributed by atoms with van der Waals surface area (Å²) in [5.74, 6) is 0. The number of hydrogen-bond donors (Lipinski definition) is 2. The minimum absolute atomic E-state index is 0.162. The van der Waals surface area contributed by atoms with Crippen LogP contribution in [0.15, 0.2) is 17.1 Å². The first-order chi connectivity index (χ1) is 4.88. The zero-order valence-corrected chi connectivity index (χ0v) is 4.96. The average Bonchev–Trinajstić information content (AvgIpc) is 2.34. The van der Waals surface area contributed by atoms with Crippen LogP contribution in [0.2, 0.25) is 0 Å². The van der Waals surface area contributed by atoms with Crippen LogP contribution in [0.3, 0.4) is 0 Å². The second-order valence-corrected chi connectivity index (χ2v) is 1.87. The predicted molar refractivity (Wildman–Crippen MR) is 34.5 cm³/mol. The van der Waals surface area contributed by atoms with E-state index >= 15 is 0 Å². The molecule has 0 radical (unpaired) electrons. The van der Waals surface area contributed by atoms with Crippen molar-refractivity contribution in [2.75, 3.05) is 0 Å². The first-order valence-corrected chi connectivity index (χ1v) is 2.76. The maximum Gasteiger partial charge on any atom is 0.273 e. The summed E-state index contributed by atoms with van der Waals surface area (Å²) in [6.07, 6.45) is 1.48. The van der Waals surface area contributed by atoms with E-state index < -0.39 is 0 Å². The van der Waals surface area contributed by atoms with E-state index in [1.54, 1.807) is 6.07 Å². The quantitative estimate of drug-likeness (QED) is 0.519. The van der Waals surface area contributed by atoms with E-state index in [1.807, 2.05) is 0 Å². The first kappa shape index (κ1) is 5.16. The van der Waals surface area contributed by atoms with Crippen LogP contribution in [0.25, 0.3) is 11.0 Å². The van der Waals surface area contributed by atoms with Crippen LogP contribution in [0, 0.1) is 0 Å². The summed E-state index contributed by atoms with van der Waals surface area (Å²) in [6.45, 7) is 0. The molecule has 0 saturated carbocycles. The van der Waals surface area contributed by atoms with E-state index in [1.165, 1.54) is 6.20 Å². The van der Waals surface area contributed by atoms with Gasteiger partial charge in [0.05, 0.1) is 11.6 Å². The molecule has 0 aliphatic heterocycles. The van der Waals surface area contributed by atoms with Gasteiger partial charge in [0, 0.05) is 0 Å². The van der Waals surface area contributed by atoms with Crippen molar-refractivity contribution >= 4 is 11.0 Å². The van der Waals surface area contributed by atoms with Gasteiger partial charge in [-0.2, -0.15) is 5.10 Å². The monoisotopic (exact) mass is 136 g/mol. The summed E-state index contributed by atoms with van der Waals surface area (Å²) < 4.78 is 0. The molecular formula is C5H4N4O. The number of H-pyrrole nitrogens is 2. The Labute approximate surface area is 55.1 Å². The molecule has 0 fully saturated rings. The third-order valence-corrected chi connectivity index (χ3v) is 1.26. The molecule has 0 atom stereocenters. The van der Waals surface area contributed by atoms with Gasteiger partial charge in [-0.1, -0.05) is 0 Å². The second-order valence-electron chi connectivity index (χ2n) is 1.87. The van der Waals surface area contributed by atoms with E-state index in [0.717, 1.165) is 0 Å². The van der Waals surface area contributed by atoms with Crippen LogP contribution in [-0.2, 0) is 0 Å². The highest BCUT2D eigenvalue weighted by molar-refractivity contribution is 5.71. The fourth-order valence-electron chi connectivity index (χ4n) is 0.791. The molecule has 2 rings (SSSR count). The van der Waals surface area contributed by atoms with Crippen LogP contribution in [0.4, 0.5) is 0 Å². The topological polar surface area (TPSA) is 74.4 Å². The van der Waals surface area contributed by atoms with Crippen molar-refractivity contribution in [1.82, 2.24) is 20.4 Å². The van der Waals surface area contributed by atoms with Crippen molar-refractivity contribution < 1.29 is 0 Å². The Morgan fingerprint density at radius 2 is 2.30 bits per heavy atom. The van der Waals surface area contributed by atoms with Crippen LogP contribution in [-0.4, -0.2) is 20.4 Å². The Balaban J connectivity index is 3.07. The lowest BCUT2D eigenvalue weighted by atomic mass is 10.4. The molecule has 2 N–H and O–H groups in total. The third-order valence-electron chi connectivity index (χ3n) is 1.26. The smallest absolute Gasteiger partial charge is 0.273 e. The van der Waals surface area contributed by atoms with Crippen molar-refractivity contribution in [2.24, 2.45) is 0 Å². The summed E-state index contributed by atoms with van der Waals surface area (Å²) in [4.78, 5) is 10.8. The van der Waals surface area contributed by atoms with Gasteiger partial charge in [-0.3, -0.25) is 15.0 Å². The van der Waals surface area contributed by atoms with E-state index in [2.05, 4.69) is 20.4 Å². The molecule has 0 saturated heterocycles. The normalized spacial score (nSPS) is 10.4. The van der Waals surface area contributed by atoms with Crippen LogP contribution < -0.4 is 5.56 Å². The second kappa shape index (κ2) is 1.66. The Hall–Kier alpha value is -1.65. The maximum absolute atomic E-state index is 10.8. The minimum atomic E-state index is -0.162. The highest BCUT2D eigenvalue weighted by Crippen LogP contribution is 1.96. The SMILES string of the molecule is O=c1[nH][nH]c2nnccc12. The summed E-state index contributed by atoms with van der Waals surface area (Å²) in [5, 5.41) is 12.8. The predicted octanol–water partition coefficient (Wildman–Crippen LogP) is -0.354. The minimum Gasteiger partial charge on any atom is -0.279 e. The Morgan fingerprint density at radius 3 is 3.10 bits per heavy atom. The van der Waals surface area contributed by atoms with Crippen molar-refractivity contribution in [3.8, 4) is 0 Å². The van der Waals surface area contributed by atoms with Gasteiger partial charge in [-0.25, -0.2) is 0 Å². The van der Waals surface area contributed by atoms with Crippen LogP contribution in [0.1, 0.15) is 0 Å². The summed E-state index contributed by atoms with van der Waals surface area (Å²) in [5.41, 5.74) is 0.331. The number of nitrogens with zero attached hydrogens (tertiary/aromatic N) is 2. The molecule has 2 heterocycles. The Bertz CT molecular complexity index is 401. The molecule has 10 heavy (non-hydrogen) atoms. The third kappa shape index (κ3) is 0.540. The van der Waals surface area contributed by atoms with Crippen molar-refractivity contribution in [3.05, 3.63) is 22.6 Å². The number of aromatic nitrogens is 4. The Morgan fingerprint density at radius 1 is 1.40 bits per heavy atom. The van der Waals surface area contributed by atoms with Crippen LogP contribution in [0.5, 0.6) is 0 Å². The number of aromatic amines is 2. The number of fused-ring (bicyclic) bond motifs is 1. The molecule has 0 aliphatic rings. The van der Waals surface area contributed by atoms with Gasteiger partial charge in [-0.05, 0) is 6.07 Å². The van der Waals surface area contributed by atoms with E-state index in [-0.39, 0.29) is 5.56 Å². The number of hydrogen-bond acceptors (Lipinski definition) is 3. The van der Waals surface area contributed by atoms with Gasteiger partial charge in [0.1, 0.15) is 0 Å². The lowest BCUT2D eigenvalue weighted by Gasteiger charge is -1.78. The molecule has 0 bridgehead atoms. The van der Waals surface area contributed by atoms with Gasteiger partial charge < -0.3 is 0 Å². The van der Waals surface area contributed by atoms with Crippen molar-refractivity contribution in [1.29, 1.82) is 0 Å². The first-order valence-electron chi connectivity index (χ1n) is 2.76. The van der Waals surface area contributed by atoms with Gasteiger partial charge in [0.2, 0.25) is 0 Å². The fourth-order valence-corrected chi connectivity index (χ4v) is 0.791. The highest BCUT2D eigenvalue weighted by Gasteiger charge is 1.97. The van der Waals surface area contributed by atoms with E-state index in [9.17, 15) is 4.79 Å². The lowest BCUT2D eigenvalue weighted by Crippen LogP contribution is -1.97. The number of nitrogens with one attached hydrogen (secondary N) is 2. The summed E-state index contributed by atoms with van der Waals surface area (Å²) >= 11 is 0. The summed E-state index contributed by atoms with van der Waals surface area (Å²) in [7, 11) is 0. The molecule has 2 aromatic heterocycles. The molecule has 0 amide bonds. The molecule has 0 aromatic carbocycles. The molecule has 5 nitrogen and oxygen atoms in total. The van der Waals surface area contributed by atoms with E-state index in [4.69, 9.17) is 0 Å². The van der Waals surface area contributed by atoms with Gasteiger partial charge >= 0.3 is 0 Å². The zero-order valence-electron chi connectivity index (χ0n) is 4.96. The molecule has 0 spiro atoms.